The monoisotopic (exact) mass is 222 g/mol. The fourth-order valence-electron chi connectivity index (χ4n) is 2.52. The van der Waals surface area contributed by atoms with Crippen molar-refractivity contribution in [3.63, 3.8) is 0 Å². The Morgan fingerprint density at radius 2 is 1.62 bits per heavy atom. The lowest BCUT2D eigenvalue weighted by molar-refractivity contribution is 0.349. The maximum Gasteiger partial charge on any atom is 0.104 e. The van der Waals surface area contributed by atoms with Crippen molar-refractivity contribution in [3.8, 4) is 11.8 Å². The maximum absolute atomic E-state index is 8.75. The lowest BCUT2D eigenvalue weighted by Gasteiger charge is -2.13. The summed E-state index contributed by atoms with van der Waals surface area (Å²) in [6, 6.07) is 0. The summed E-state index contributed by atoms with van der Waals surface area (Å²) in [6.45, 7) is 2.39. The molecule has 0 bridgehead atoms. The van der Waals surface area contributed by atoms with Gasteiger partial charge in [0.15, 0.2) is 0 Å². The largest absolute Gasteiger partial charge is 0.384 e. The van der Waals surface area contributed by atoms with Gasteiger partial charge in [-0.3, -0.25) is 0 Å². The Kier molecular flexibility index (Phi) is 7.34. The number of hydrogen-bond acceptors (Lipinski definition) is 1. The van der Waals surface area contributed by atoms with Crippen LogP contribution in [0.25, 0.3) is 0 Å². The highest BCUT2D eigenvalue weighted by Crippen LogP contribution is 2.23. The fourth-order valence-corrected chi connectivity index (χ4v) is 2.52. The molecule has 0 aromatic rings. The normalized spacial score (nSPS) is 28.6. The van der Waals surface area contributed by atoms with Crippen molar-refractivity contribution in [2.24, 2.45) is 11.8 Å². The Hall–Kier alpha value is -0.480. The second-order valence-corrected chi connectivity index (χ2v) is 5.20. The van der Waals surface area contributed by atoms with Crippen LogP contribution in [0, 0.1) is 23.7 Å². The van der Waals surface area contributed by atoms with Gasteiger partial charge in [-0.2, -0.15) is 0 Å². The van der Waals surface area contributed by atoms with E-state index in [0.717, 1.165) is 5.92 Å². The Balaban J connectivity index is 2.41. The van der Waals surface area contributed by atoms with Crippen molar-refractivity contribution in [1.82, 2.24) is 0 Å². The van der Waals surface area contributed by atoms with E-state index in [1.807, 2.05) is 0 Å². The average Bonchev–Trinajstić information content (AvgIpc) is 2.33. The molecule has 1 heteroatoms. The van der Waals surface area contributed by atoms with Gasteiger partial charge in [-0.1, -0.05) is 57.3 Å². The summed E-state index contributed by atoms with van der Waals surface area (Å²) in [5, 5.41) is 8.75. The van der Waals surface area contributed by atoms with Gasteiger partial charge < -0.3 is 5.11 Å². The molecule has 1 aliphatic carbocycles. The van der Waals surface area contributed by atoms with Crippen LogP contribution in [0.3, 0.4) is 0 Å². The Labute approximate surface area is 101 Å². The first kappa shape index (κ1) is 13.6. The van der Waals surface area contributed by atoms with Crippen LogP contribution in [-0.2, 0) is 0 Å². The second-order valence-electron chi connectivity index (χ2n) is 5.20. The molecule has 2 atom stereocenters. The summed E-state index contributed by atoms with van der Waals surface area (Å²) in [6.07, 6.45) is 12.1. The predicted molar refractivity (Wildman–Crippen MR) is 69.1 cm³/mol. The minimum atomic E-state index is 0.0199. The van der Waals surface area contributed by atoms with Crippen LogP contribution in [0.4, 0.5) is 0 Å². The van der Waals surface area contributed by atoms with Gasteiger partial charge in [0, 0.05) is 5.92 Å². The van der Waals surface area contributed by atoms with Crippen molar-refractivity contribution >= 4 is 0 Å². The van der Waals surface area contributed by atoms with Gasteiger partial charge in [-0.15, -0.1) is 0 Å². The topological polar surface area (TPSA) is 20.2 Å². The Morgan fingerprint density at radius 3 is 2.38 bits per heavy atom. The SMILES string of the molecule is CC1CCCCCCCC(C#CCO)CC1. The minimum absolute atomic E-state index is 0.0199. The van der Waals surface area contributed by atoms with Gasteiger partial charge in [-0.25, -0.2) is 0 Å². The van der Waals surface area contributed by atoms with E-state index in [4.69, 9.17) is 5.11 Å². The van der Waals surface area contributed by atoms with Crippen LogP contribution in [0.1, 0.15) is 64.7 Å². The van der Waals surface area contributed by atoms with E-state index in [1.165, 1.54) is 57.8 Å². The van der Waals surface area contributed by atoms with E-state index < -0.39 is 0 Å². The van der Waals surface area contributed by atoms with E-state index in [9.17, 15) is 0 Å². The van der Waals surface area contributed by atoms with Crippen molar-refractivity contribution in [2.45, 2.75) is 64.7 Å². The molecule has 0 aromatic carbocycles. The van der Waals surface area contributed by atoms with E-state index >= 15 is 0 Å². The Morgan fingerprint density at radius 1 is 0.938 bits per heavy atom. The summed E-state index contributed by atoms with van der Waals surface area (Å²) < 4.78 is 0. The number of hydrogen-bond donors (Lipinski definition) is 1. The lowest BCUT2D eigenvalue weighted by Crippen LogP contribution is -2.02. The molecule has 0 heterocycles. The third-order valence-corrected chi connectivity index (χ3v) is 3.64. The third kappa shape index (κ3) is 6.18. The molecule has 16 heavy (non-hydrogen) atoms. The molecule has 1 aliphatic rings. The van der Waals surface area contributed by atoms with Crippen LogP contribution >= 0.6 is 0 Å². The van der Waals surface area contributed by atoms with E-state index in [0.29, 0.717) is 5.92 Å². The molecule has 1 rings (SSSR count). The maximum atomic E-state index is 8.75. The van der Waals surface area contributed by atoms with Gasteiger partial charge in [0.25, 0.3) is 0 Å². The molecule has 1 N–H and O–H groups in total. The molecular weight excluding hydrogens is 196 g/mol. The zero-order valence-corrected chi connectivity index (χ0v) is 10.7. The highest BCUT2D eigenvalue weighted by Gasteiger charge is 2.10. The quantitative estimate of drug-likeness (QED) is 0.619. The highest BCUT2D eigenvalue weighted by molar-refractivity contribution is 5.03. The molecule has 2 unspecified atom stereocenters. The van der Waals surface area contributed by atoms with Crippen molar-refractivity contribution < 1.29 is 5.11 Å². The first-order chi connectivity index (χ1) is 7.83. The first-order valence-electron chi connectivity index (χ1n) is 6.92. The predicted octanol–water partition coefficient (Wildman–Crippen LogP) is 3.76. The second kappa shape index (κ2) is 8.65. The number of rotatable bonds is 0. The molecule has 0 aromatic heterocycles. The summed E-state index contributed by atoms with van der Waals surface area (Å²) in [4.78, 5) is 0. The molecule has 1 nitrogen and oxygen atoms in total. The van der Waals surface area contributed by atoms with Crippen molar-refractivity contribution in [3.05, 3.63) is 0 Å². The van der Waals surface area contributed by atoms with Crippen LogP contribution in [-0.4, -0.2) is 11.7 Å². The standard InChI is InChI=1S/C15H26O/c1-14-8-5-3-2-4-6-9-15(12-11-14)10-7-13-16/h14-16H,2-6,8-9,11-13H2,1H3. The molecule has 0 radical (unpaired) electrons. The summed E-state index contributed by atoms with van der Waals surface area (Å²) in [5.41, 5.74) is 0. The van der Waals surface area contributed by atoms with Gasteiger partial charge in [0.1, 0.15) is 6.61 Å². The Bertz CT molecular complexity index is 223. The summed E-state index contributed by atoms with van der Waals surface area (Å²) >= 11 is 0. The highest BCUT2D eigenvalue weighted by atomic mass is 16.2. The summed E-state index contributed by atoms with van der Waals surface area (Å²) in [7, 11) is 0. The molecule has 1 fully saturated rings. The van der Waals surface area contributed by atoms with E-state index in [-0.39, 0.29) is 6.61 Å². The molecular formula is C15H26O. The molecule has 0 aliphatic heterocycles. The minimum Gasteiger partial charge on any atom is -0.384 e. The van der Waals surface area contributed by atoms with Gasteiger partial charge in [0.2, 0.25) is 0 Å². The zero-order chi connectivity index (χ0) is 11.6. The third-order valence-electron chi connectivity index (χ3n) is 3.64. The van der Waals surface area contributed by atoms with Crippen LogP contribution in [0.5, 0.6) is 0 Å². The van der Waals surface area contributed by atoms with Crippen molar-refractivity contribution in [2.75, 3.05) is 6.61 Å². The number of aliphatic hydroxyl groups is 1. The van der Waals surface area contributed by atoms with E-state index in [2.05, 4.69) is 18.8 Å². The van der Waals surface area contributed by atoms with Crippen LogP contribution in [0.2, 0.25) is 0 Å². The van der Waals surface area contributed by atoms with E-state index in [1.54, 1.807) is 0 Å². The van der Waals surface area contributed by atoms with Crippen LogP contribution in [0.15, 0.2) is 0 Å². The van der Waals surface area contributed by atoms with Gasteiger partial charge in [-0.05, 0) is 25.2 Å². The number of aliphatic hydroxyl groups excluding tert-OH is 1. The smallest absolute Gasteiger partial charge is 0.104 e. The van der Waals surface area contributed by atoms with Crippen molar-refractivity contribution in [1.29, 1.82) is 0 Å². The zero-order valence-electron chi connectivity index (χ0n) is 10.7. The molecule has 1 saturated carbocycles. The average molecular weight is 222 g/mol. The molecule has 92 valence electrons. The molecule has 0 spiro atoms. The fraction of sp³-hybridized carbons (Fsp3) is 0.867. The van der Waals surface area contributed by atoms with Crippen LogP contribution < -0.4 is 0 Å². The lowest BCUT2D eigenvalue weighted by atomic mass is 9.92. The molecule has 0 amide bonds. The van der Waals surface area contributed by atoms with Gasteiger partial charge in [0.05, 0.1) is 0 Å². The van der Waals surface area contributed by atoms with Gasteiger partial charge >= 0.3 is 0 Å². The first-order valence-corrected chi connectivity index (χ1v) is 6.92. The summed E-state index contributed by atoms with van der Waals surface area (Å²) in [5.74, 6) is 7.46. The molecule has 0 saturated heterocycles.